The van der Waals surface area contributed by atoms with Gasteiger partial charge in [0, 0.05) is 18.0 Å². The molecule has 2 aromatic heterocycles. The molecule has 0 aromatic carbocycles. The van der Waals surface area contributed by atoms with Gasteiger partial charge in [0.15, 0.2) is 0 Å². The number of anilines is 1. The Morgan fingerprint density at radius 2 is 2.22 bits per heavy atom. The second kappa shape index (κ2) is 5.74. The van der Waals surface area contributed by atoms with Gasteiger partial charge >= 0.3 is 0 Å². The number of carbonyl (C=O) groups excluding carboxylic acids is 1. The summed E-state index contributed by atoms with van der Waals surface area (Å²) in [4.78, 5) is 25.5. The lowest BCUT2D eigenvalue weighted by molar-refractivity contribution is -0.119. The number of thiophene rings is 1. The van der Waals surface area contributed by atoms with Gasteiger partial charge in [-0.2, -0.15) is 0 Å². The monoisotopic (exact) mass is 330 g/mol. The Kier molecular flexibility index (Phi) is 3.71. The predicted molar refractivity (Wildman–Crippen MR) is 93.0 cm³/mol. The summed E-state index contributed by atoms with van der Waals surface area (Å²) in [6, 6.07) is 0.400. The second-order valence-corrected chi connectivity index (χ2v) is 8.01. The average Bonchev–Trinajstić information content (AvgIpc) is 3.24. The van der Waals surface area contributed by atoms with Gasteiger partial charge in [-0.3, -0.25) is 4.79 Å². The molecule has 122 valence electrons. The zero-order chi connectivity index (χ0) is 16.0. The topological polar surface area (TPSA) is 58.1 Å². The van der Waals surface area contributed by atoms with Crippen LogP contribution in [0.1, 0.15) is 36.6 Å². The van der Waals surface area contributed by atoms with Gasteiger partial charge in [-0.05, 0) is 43.6 Å². The van der Waals surface area contributed by atoms with Crippen molar-refractivity contribution in [3.63, 3.8) is 0 Å². The summed E-state index contributed by atoms with van der Waals surface area (Å²) < 4.78 is 0. The Morgan fingerprint density at radius 3 is 3.00 bits per heavy atom. The first-order valence-corrected chi connectivity index (χ1v) is 9.19. The van der Waals surface area contributed by atoms with Crippen molar-refractivity contribution < 1.29 is 4.79 Å². The molecule has 0 radical (unpaired) electrons. The van der Waals surface area contributed by atoms with E-state index in [2.05, 4.69) is 22.2 Å². The van der Waals surface area contributed by atoms with Gasteiger partial charge in [-0.1, -0.05) is 6.92 Å². The number of likely N-dealkylation sites (N-methyl/N-ethyl adjacent to an activating group) is 1. The second-order valence-electron chi connectivity index (χ2n) is 6.93. The van der Waals surface area contributed by atoms with E-state index in [9.17, 15) is 4.79 Å². The van der Waals surface area contributed by atoms with E-state index in [1.54, 1.807) is 17.7 Å². The molecule has 1 atom stereocenters. The normalized spacial score (nSPS) is 20.3. The smallest absolute Gasteiger partial charge is 0.239 e. The van der Waals surface area contributed by atoms with Crippen molar-refractivity contribution in [3.05, 3.63) is 16.8 Å². The quantitative estimate of drug-likeness (QED) is 0.936. The highest BCUT2D eigenvalue weighted by atomic mass is 32.1. The summed E-state index contributed by atoms with van der Waals surface area (Å²) >= 11 is 1.80. The Hall–Kier alpha value is -1.69. The van der Waals surface area contributed by atoms with Crippen LogP contribution in [0.2, 0.25) is 0 Å². The van der Waals surface area contributed by atoms with Crippen LogP contribution in [-0.4, -0.2) is 35.5 Å². The van der Waals surface area contributed by atoms with Crippen LogP contribution in [0.4, 0.5) is 5.82 Å². The molecule has 1 N–H and O–H groups in total. The molecule has 2 aromatic rings. The molecular formula is C17H22N4OS. The maximum atomic E-state index is 12.1. The molecule has 2 aliphatic rings. The Bertz CT molecular complexity index is 752. The van der Waals surface area contributed by atoms with Gasteiger partial charge in [0.05, 0.1) is 11.9 Å². The molecule has 1 saturated carbocycles. The van der Waals surface area contributed by atoms with E-state index in [1.165, 1.54) is 22.2 Å². The third-order valence-electron chi connectivity index (χ3n) is 4.76. The first-order valence-electron chi connectivity index (χ1n) is 8.37. The number of nitrogens with one attached hydrogen (secondary N) is 1. The zero-order valence-corrected chi connectivity index (χ0v) is 14.4. The van der Waals surface area contributed by atoms with Crippen LogP contribution >= 0.6 is 11.3 Å². The van der Waals surface area contributed by atoms with Gasteiger partial charge in [0.25, 0.3) is 0 Å². The molecule has 0 spiro atoms. The SMILES string of the molecule is C[C@H]1CCc2c(sc3ncnc(N(C)CC(=O)NC4CC4)c23)C1. The standard InChI is InChI=1S/C17H22N4OS/c1-10-3-6-12-13(7-10)23-17-15(12)16(18-9-19-17)21(2)8-14(22)20-11-4-5-11/h9-11H,3-8H2,1-2H3,(H,20,22)/t10-/m0/s1. The molecule has 23 heavy (non-hydrogen) atoms. The summed E-state index contributed by atoms with van der Waals surface area (Å²) in [5, 5.41) is 4.21. The molecule has 4 rings (SSSR count). The first-order chi connectivity index (χ1) is 11.1. The van der Waals surface area contributed by atoms with E-state index in [4.69, 9.17) is 0 Å². The summed E-state index contributed by atoms with van der Waals surface area (Å²) in [6.07, 6.45) is 7.31. The minimum Gasteiger partial charge on any atom is -0.352 e. The fourth-order valence-electron chi connectivity index (χ4n) is 3.34. The number of aromatic nitrogens is 2. The van der Waals surface area contributed by atoms with Crippen LogP contribution in [0.15, 0.2) is 6.33 Å². The Morgan fingerprint density at radius 1 is 1.39 bits per heavy atom. The molecule has 0 bridgehead atoms. The van der Waals surface area contributed by atoms with E-state index in [0.717, 1.165) is 42.2 Å². The fraction of sp³-hybridized carbons (Fsp3) is 0.588. The van der Waals surface area contributed by atoms with Crippen LogP contribution in [-0.2, 0) is 17.6 Å². The van der Waals surface area contributed by atoms with E-state index in [0.29, 0.717) is 12.6 Å². The summed E-state index contributed by atoms with van der Waals surface area (Å²) in [5.74, 6) is 1.72. The number of rotatable bonds is 4. The van der Waals surface area contributed by atoms with E-state index in [1.807, 2.05) is 11.9 Å². The predicted octanol–water partition coefficient (Wildman–Crippen LogP) is 2.53. The highest BCUT2D eigenvalue weighted by Gasteiger charge is 2.26. The van der Waals surface area contributed by atoms with Gasteiger partial charge in [-0.25, -0.2) is 9.97 Å². The molecular weight excluding hydrogens is 308 g/mol. The molecule has 0 aliphatic heterocycles. The fourth-order valence-corrected chi connectivity index (χ4v) is 4.68. The number of aryl methyl sites for hydroxylation is 1. The minimum atomic E-state index is 0.0829. The van der Waals surface area contributed by atoms with Crippen molar-refractivity contribution in [1.82, 2.24) is 15.3 Å². The number of amides is 1. The summed E-state index contributed by atoms with van der Waals surface area (Å²) in [6.45, 7) is 2.66. The van der Waals surface area contributed by atoms with Crippen LogP contribution in [0.25, 0.3) is 10.2 Å². The van der Waals surface area contributed by atoms with Crippen molar-refractivity contribution in [3.8, 4) is 0 Å². The van der Waals surface area contributed by atoms with Crippen molar-refractivity contribution in [2.75, 3.05) is 18.5 Å². The van der Waals surface area contributed by atoms with Crippen LogP contribution < -0.4 is 10.2 Å². The number of nitrogens with zero attached hydrogens (tertiary/aromatic N) is 3. The van der Waals surface area contributed by atoms with Crippen LogP contribution in [0.3, 0.4) is 0 Å². The molecule has 0 saturated heterocycles. The Labute approximate surface area is 140 Å². The average molecular weight is 330 g/mol. The maximum absolute atomic E-state index is 12.1. The highest BCUT2D eigenvalue weighted by molar-refractivity contribution is 7.19. The van der Waals surface area contributed by atoms with Crippen molar-refractivity contribution in [2.24, 2.45) is 5.92 Å². The van der Waals surface area contributed by atoms with Crippen LogP contribution in [0, 0.1) is 5.92 Å². The first kappa shape index (κ1) is 14.9. The van der Waals surface area contributed by atoms with Gasteiger partial charge in [-0.15, -0.1) is 11.3 Å². The molecule has 0 unspecified atom stereocenters. The third kappa shape index (κ3) is 2.92. The molecule has 2 aliphatic carbocycles. The van der Waals surface area contributed by atoms with Gasteiger partial charge < -0.3 is 10.2 Å². The van der Waals surface area contributed by atoms with Crippen molar-refractivity contribution in [2.45, 2.75) is 45.1 Å². The number of hydrogen-bond acceptors (Lipinski definition) is 5. The summed E-state index contributed by atoms with van der Waals surface area (Å²) in [7, 11) is 1.95. The van der Waals surface area contributed by atoms with Gasteiger partial charge in [0.2, 0.25) is 5.91 Å². The molecule has 1 fully saturated rings. The third-order valence-corrected chi connectivity index (χ3v) is 5.92. The maximum Gasteiger partial charge on any atom is 0.239 e. The van der Waals surface area contributed by atoms with Crippen molar-refractivity contribution in [1.29, 1.82) is 0 Å². The molecule has 5 nitrogen and oxygen atoms in total. The minimum absolute atomic E-state index is 0.0829. The lowest BCUT2D eigenvalue weighted by Crippen LogP contribution is -2.36. The van der Waals surface area contributed by atoms with Gasteiger partial charge in [0.1, 0.15) is 17.0 Å². The zero-order valence-electron chi connectivity index (χ0n) is 13.6. The van der Waals surface area contributed by atoms with Crippen molar-refractivity contribution >= 4 is 33.3 Å². The lowest BCUT2D eigenvalue weighted by atomic mass is 9.89. The molecule has 2 heterocycles. The molecule has 6 heteroatoms. The number of carbonyl (C=O) groups is 1. The van der Waals surface area contributed by atoms with Crippen LogP contribution in [0.5, 0.6) is 0 Å². The van der Waals surface area contributed by atoms with E-state index < -0.39 is 0 Å². The number of fused-ring (bicyclic) bond motifs is 3. The van der Waals surface area contributed by atoms with E-state index >= 15 is 0 Å². The lowest BCUT2D eigenvalue weighted by Gasteiger charge is -2.21. The largest absolute Gasteiger partial charge is 0.352 e. The van der Waals surface area contributed by atoms with E-state index in [-0.39, 0.29) is 5.91 Å². The summed E-state index contributed by atoms with van der Waals surface area (Å²) in [5.41, 5.74) is 1.41. The number of hydrogen-bond donors (Lipinski definition) is 1. The highest BCUT2D eigenvalue weighted by Crippen LogP contribution is 2.40. The molecule has 1 amide bonds. The Balaban J connectivity index is 1.64.